The fourth-order valence-electron chi connectivity index (χ4n) is 3.04. The molecular weight excluding hydrogens is 386 g/mol. The van der Waals surface area contributed by atoms with Gasteiger partial charge in [0, 0.05) is 24.5 Å². The Hall–Kier alpha value is -2.84. The third kappa shape index (κ3) is 4.96. The zero-order valence-corrected chi connectivity index (χ0v) is 17.0. The average Bonchev–Trinajstić information content (AvgIpc) is 3.24. The number of amides is 1. The van der Waals surface area contributed by atoms with Crippen LogP contribution in [0.2, 0.25) is 0 Å². The highest BCUT2D eigenvalue weighted by atomic mass is 32.2. The van der Waals surface area contributed by atoms with E-state index in [1.807, 2.05) is 61.5 Å². The topological polar surface area (TPSA) is 72.3 Å². The summed E-state index contributed by atoms with van der Waals surface area (Å²) in [7, 11) is 0. The number of rotatable bonds is 6. The molecule has 0 aliphatic carbocycles. The normalized spacial score (nSPS) is 15.1. The summed E-state index contributed by atoms with van der Waals surface area (Å²) in [5, 5.41) is 7.66. The Morgan fingerprint density at radius 2 is 1.79 bits per heavy atom. The van der Waals surface area contributed by atoms with Crippen LogP contribution in [0.4, 0.5) is 11.4 Å². The Morgan fingerprint density at radius 1 is 1.07 bits per heavy atom. The molecule has 1 atom stereocenters. The molecule has 1 saturated heterocycles. The SMILES string of the molecule is CC(Sc1ncn(-c2ccccc2)n1)C(=O)Nc1ccc(N2CCOCC2)cc1. The number of ether oxygens (including phenoxy) is 1. The number of morpholine rings is 1. The molecule has 1 aromatic heterocycles. The van der Waals surface area contributed by atoms with Gasteiger partial charge in [0.05, 0.1) is 24.2 Å². The molecule has 150 valence electrons. The van der Waals surface area contributed by atoms with Crippen LogP contribution in [0.25, 0.3) is 5.69 Å². The van der Waals surface area contributed by atoms with E-state index in [9.17, 15) is 4.79 Å². The first-order valence-electron chi connectivity index (χ1n) is 9.56. The lowest BCUT2D eigenvalue weighted by Gasteiger charge is -2.28. The maximum absolute atomic E-state index is 12.6. The van der Waals surface area contributed by atoms with Crippen molar-refractivity contribution in [2.24, 2.45) is 0 Å². The largest absolute Gasteiger partial charge is 0.378 e. The molecule has 2 aromatic carbocycles. The second kappa shape index (κ2) is 9.11. The van der Waals surface area contributed by atoms with Crippen molar-refractivity contribution in [3.8, 4) is 5.69 Å². The first-order chi connectivity index (χ1) is 14.2. The van der Waals surface area contributed by atoms with Crippen molar-refractivity contribution in [3.05, 3.63) is 60.9 Å². The van der Waals surface area contributed by atoms with Crippen molar-refractivity contribution in [1.82, 2.24) is 14.8 Å². The number of nitrogens with zero attached hydrogens (tertiary/aromatic N) is 4. The Bertz CT molecular complexity index is 939. The number of carbonyl (C=O) groups is 1. The number of hydrogen-bond donors (Lipinski definition) is 1. The van der Waals surface area contributed by atoms with E-state index >= 15 is 0 Å². The van der Waals surface area contributed by atoms with Crippen LogP contribution in [0.1, 0.15) is 6.92 Å². The smallest absolute Gasteiger partial charge is 0.237 e. The Morgan fingerprint density at radius 3 is 2.52 bits per heavy atom. The van der Waals surface area contributed by atoms with Crippen LogP contribution >= 0.6 is 11.8 Å². The van der Waals surface area contributed by atoms with E-state index in [0.717, 1.165) is 43.4 Å². The van der Waals surface area contributed by atoms with Gasteiger partial charge in [-0.3, -0.25) is 4.79 Å². The minimum Gasteiger partial charge on any atom is -0.378 e. The highest BCUT2D eigenvalue weighted by molar-refractivity contribution is 8.00. The lowest BCUT2D eigenvalue weighted by atomic mass is 10.2. The van der Waals surface area contributed by atoms with Crippen LogP contribution in [-0.4, -0.2) is 52.2 Å². The highest BCUT2D eigenvalue weighted by Crippen LogP contribution is 2.23. The van der Waals surface area contributed by atoms with Crippen molar-refractivity contribution in [3.63, 3.8) is 0 Å². The molecule has 1 amide bonds. The van der Waals surface area contributed by atoms with Crippen molar-refractivity contribution in [2.75, 3.05) is 36.5 Å². The Labute approximate surface area is 174 Å². The van der Waals surface area contributed by atoms with E-state index in [0.29, 0.717) is 5.16 Å². The molecule has 1 N–H and O–H groups in total. The number of anilines is 2. The van der Waals surface area contributed by atoms with Crippen LogP contribution in [0.3, 0.4) is 0 Å². The first kappa shape index (κ1) is 19.5. The minimum absolute atomic E-state index is 0.0785. The number of nitrogens with one attached hydrogen (secondary N) is 1. The van der Waals surface area contributed by atoms with Gasteiger partial charge in [-0.2, -0.15) is 0 Å². The molecule has 0 spiro atoms. The lowest BCUT2D eigenvalue weighted by molar-refractivity contribution is -0.115. The van der Waals surface area contributed by atoms with Crippen LogP contribution in [-0.2, 0) is 9.53 Å². The second-order valence-electron chi connectivity index (χ2n) is 6.70. The molecule has 1 unspecified atom stereocenters. The van der Waals surface area contributed by atoms with E-state index < -0.39 is 0 Å². The van der Waals surface area contributed by atoms with Gasteiger partial charge < -0.3 is 15.0 Å². The minimum atomic E-state index is -0.319. The summed E-state index contributed by atoms with van der Waals surface area (Å²) >= 11 is 1.34. The van der Waals surface area contributed by atoms with Gasteiger partial charge in [0.1, 0.15) is 6.33 Å². The summed E-state index contributed by atoms with van der Waals surface area (Å²) < 4.78 is 7.09. The number of aromatic nitrogens is 3. The van der Waals surface area contributed by atoms with E-state index in [2.05, 4.69) is 20.3 Å². The zero-order valence-electron chi connectivity index (χ0n) is 16.2. The third-order valence-corrected chi connectivity index (χ3v) is 5.62. The number of carbonyl (C=O) groups excluding carboxylic acids is 1. The highest BCUT2D eigenvalue weighted by Gasteiger charge is 2.18. The summed E-state index contributed by atoms with van der Waals surface area (Å²) in [6.45, 7) is 5.14. The molecule has 29 heavy (non-hydrogen) atoms. The predicted octanol–water partition coefficient (Wildman–Crippen LogP) is 3.22. The molecular formula is C21H23N5O2S. The van der Waals surface area contributed by atoms with Gasteiger partial charge >= 0.3 is 0 Å². The maximum atomic E-state index is 12.6. The van der Waals surface area contributed by atoms with Crippen LogP contribution in [0.5, 0.6) is 0 Å². The number of benzene rings is 2. The van der Waals surface area contributed by atoms with Crippen LogP contribution < -0.4 is 10.2 Å². The summed E-state index contributed by atoms with van der Waals surface area (Å²) in [5.74, 6) is -0.0785. The molecule has 0 saturated carbocycles. The van der Waals surface area contributed by atoms with E-state index in [1.54, 1.807) is 11.0 Å². The molecule has 0 bridgehead atoms. The van der Waals surface area contributed by atoms with E-state index in [-0.39, 0.29) is 11.2 Å². The summed E-state index contributed by atoms with van der Waals surface area (Å²) in [6, 6.07) is 17.7. The molecule has 1 aliphatic rings. The summed E-state index contributed by atoms with van der Waals surface area (Å²) in [6.07, 6.45) is 1.66. The first-order valence-corrected chi connectivity index (χ1v) is 10.4. The fraction of sp³-hybridized carbons (Fsp3) is 0.286. The summed E-state index contributed by atoms with van der Waals surface area (Å²) in [5.41, 5.74) is 2.86. The van der Waals surface area contributed by atoms with Gasteiger partial charge in [-0.25, -0.2) is 9.67 Å². The maximum Gasteiger partial charge on any atom is 0.237 e. The van der Waals surface area contributed by atoms with E-state index in [1.165, 1.54) is 11.8 Å². The molecule has 2 heterocycles. The van der Waals surface area contributed by atoms with Gasteiger partial charge in [0.15, 0.2) is 0 Å². The monoisotopic (exact) mass is 409 g/mol. The molecule has 7 nitrogen and oxygen atoms in total. The zero-order chi connectivity index (χ0) is 20.1. The number of thioether (sulfide) groups is 1. The number of hydrogen-bond acceptors (Lipinski definition) is 6. The van der Waals surface area contributed by atoms with Gasteiger partial charge in [0.2, 0.25) is 11.1 Å². The van der Waals surface area contributed by atoms with Crippen molar-refractivity contribution >= 4 is 29.0 Å². The third-order valence-electron chi connectivity index (χ3n) is 4.65. The predicted molar refractivity (Wildman–Crippen MR) is 115 cm³/mol. The standard InChI is InChI=1S/C21H23N5O2S/c1-16(29-21-22-15-26(24-21)19-5-3-2-4-6-19)20(27)23-17-7-9-18(10-8-17)25-11-13-28-14-12-25/h2-10,15-16H,11-14H2,1H3,(H,23,27). The fourth-order valence-corrected chi connectivity index (χ4v) is 3.76. The molecule has 1 fully saturated rings. The van der Waals surface area contributed by atoms with Gasteiger partial charge in [-0.05, 0) is 43.3 Å². The average molecular weight is 410 g/mol. The van der Waals surface area contributed by atoms with Gasteiger partial charge in [0.25, 0.3) is 0 Å². The number of para-hydroxylation sites is 1. The molecule has 4 rings (SSSR count). The lowest BCUT2D eigenvalue weighted by Crippen LogP contribution is -2.36. The summed E-state index contributed by atoms with van der Waals surface area (Å²) in [4.78, 5) is 19.1. The van der Waals surface area contributed by atoms with Gasteiger partial charge in [-0.15, -0.1) is 5.10 Å². The Kier molecular flexibility index (Phi) is 6.12. The van der Waals surface area contributed by atoms with Gasteiger partial charge in [-0.1, -0.05) is 30.0 Å². The second-order valence-corrected chi connectivity index (χ2v) is 8.01. The quantitative estimate of drug-likeness (QED) is 0.631. The van der Waals surface area contributed by atoms with Crippen molar-refractivity contribution in [2.45, 2.75) is 17.3 Å². The molecule has 3 aromatic rings. The molecule has 0 radical (unpaired) electrons. The molecule has 1 aliphatic heterocycles. The Balaban J connectivity index is 1.33. The van der Waals surface area contributed by atoms with Crippen molar-refractivity contribution < 1.29 is 9.53 Å². The van der Waals surface area contributed by atoms with Crippen molar-refractivity contribution in [1.29, 1.82) is 0 Å². The molecule has 8 heteroatoms. The van der Waals surface area contributed by atoms with Crippen LogP contribution in [0.15, 0.2) is 66.1 Å². The van der Waals surface area contributed by atoms with Crippen LogP contribution in [0, 0.1) is 0 Å². The van der Waals surface area contributed by atoms with E-state index in [4.69, 9.17) is 4.74 Å².